The highest BCUT2D eigenvalue weighted by Crippen LogP contribution is 2.32. The van der Waals surface area contributed by atoms with Gasteiger partial charge in [0.1, 0.15) is 0 Å². The van der Waals surface area contributed by atoms with E-state index in [0.29, 0.717) is 0 Å². The fraction of sp³-hybridized carbons (Fsp3) is 0.867. The maximum absolute atomic E-state index is 2.70. The maximum Gasteiger partial charge on any atom is 0.00160 e. The monoisotopic (exact) mass is 236 g/mol. The number of likely N-dealkylation sites (tertiary alicyclic amines) is 1. The summed E-state index contributed by atoms with van der Waals surface area (Å²) in [6.45, 7) is 12.2. The van der Waals surface area contributed by atoms with E-state index in [1.54, 1.807) is 0 Å². The van der Waals surface area contributed by atoms with Crippen molar-refractivity contribution in [3.8, 4) is 0 Å². The van der Waals surface area contributed by atoms with Gasteiger partial charge in [-0.1, -0.05) is 26.0 Å². The van der Waals surface area contributed by atoms with E-state index in [1.165, 1.54) is 58.5 Å². The molecule has 0 aromatic rings. The number of hydrogen-bond acceptors (Lipinski definition) is 2. The van der Waals surface area contributed by atoms with Crippen LogP contribution in [-0.4, -0.2) is 49.1 Å². The Labute approximate surface area is 107 Å². The van der Waals surface area contributed by atoms with Crippen LogP contribution in [0.2, 0.25) is 0 Å². The van der Waals surface area contributed by atoms with E-state index >= 15 is 0 Å². The fourth-order valence-corrected chi connectivity index (χ4v) is 3.35. The average molecular weight is 236 g/mol. The van der Waals surface area contributed by atoms with Crippen LogP contribution in [0.5, 0.6) is 0 Å². The van der Waals surface area contributed by atoms with E-state index in [4.69, 9.17) is 0 Å². The van der Waals surface area contributed by atoms with Crippen molar-refractivity contribution in [3.05, 3.63) is 12.2 Å². The zero-order chi connectivity index (χ0) is 12.1. The first-order valence-electron chi connectivity index (χ1n) is 7.43. The Hall–Kier alpha value is -0.340. The molecule has 2 aliphatic rings. The topological polar surface area (TPSA) is 6.48 Å². The predicted octanol–water partition coefficient (Wildman–Crippen LogP) is 2.62. The van der Waals surface area contributed by atoms with Crippen molar-refractivity contribution >= 4 is 0 Å². The summed E-state index contributed by atoms with van der Waals surface area (Å²) >= 11 is 0. The highest BCUT2D eigenvalue weighted by Gasteiger charge is 2.32. The lowest BCUT2D eigenvalue weighted by Gasteiger charge is -2.20. The van der Waals surface area contributed by atoms with Crippen molar-refractivity contribution in [1.29, 1.82) is 0 Å². The largest absolute Gasteiger partial charge is 0.304 e. The Bertz CT molecular complexity index is 229. The van der Waals surface area contributed by atoms with Crippen molar-refractivity contribution in [2.75, 3.05) is 39.3 Å². The second-order valence-electron chi connectivity index (χ2n) is 5.60. The van der Waals surface area contributed by atoms with Gasteiger partial charge in [-0.15, -0.1) is 0 Å². The minimum atomic E-state index is 0.966. The zero-order valence-electron chi connectivity index (χ0n) is 11.6. The lowest BCUT2D eigenvalue weighted by molar-refractivity contribution is 0.258. The Morgan fingerprint density at radius 1 is 1.06 bits per heavy atom. The highest BCUT2D eigenvalue weighted by atomic mass is 15.2. The first-order valence-corrected chi connectivity index (χ1v) is 7.43. The molecule has 17 heavy (non-hydrogen) atoms. The summed E-state index contributed by atoms with van der Waals surface area (Å²) in [5, 5.41) is 0. The molecule has 1 fully saturated rings. The van der Waals surface area contributed by atoms with Crippen molar-refractivity contribution in [2.45, 2.75) is 33.1 Å². The third-order valence-corrected chi connectivity index (χ3v) is 4.54. The van der Waals surface area contributed by atoms with Crippen LogP contribution in [0.25, 0.3) is 0 Å². The summed E-state index contributed by atoms with van der Waals surface area (Å²) in [5.74, 6) is 1.93. The number of hydrogen-bond donors (Lipinski definition) is 0. The summed E-state index contributed by atoms with van der Waals surface area (Å²) in [6, 6.07) is 0. The second kappa shape index (κ2) is 6.55. The van der Waals surface area contributed by atoms with E-state index in [1.807, 2.05) is 0 Å². The molecule has 0 spiro atoms. The van der Waals surface area contributed by atoms with Crippen LogP contribution in [0.3, 0.4) is 0 Å². The number of nitrogens with zero attached hydrogens (tertiary/aromatic N) is 2. The summed E-state index contributed by atoms with van der Waals surface area (Å²) < 4.78 is 0. The maximum atomic E-state index is 2.70. The molecule has 2 nitrogen and oxygen atoms in total. The molecular weight excluding hydrogens is 208 g/mol. The van der Waals surface area contributed by atoms with E-state index in [9.17, 15) is 0 Å². The van der Waals surface area contributed by atoms with Crippen LogP contribution in [0.15, 0.2) is 12.2 Å². The fourth-order valence-electron chi connectivity index (χ4n) is 3.35. The third kappa shape index (κ3) is 3.56. The minimum absolute atomic E-state index is 0.966. The molecule has 2 rings (SSSR count). The first-order chi connectivity index (χ1) is 8.33. The third-order valence-electron chi connectivity index (χ3n) is 4.54. The molecule has 1 saturated heterocycles. The van der Waals surface area contributed by atoms with Gasteiger partial charge in [-0.05, 0) is 57.3 Å². The van der Waals surface area contributed by atoms with E-state index in [-0.39, 0.29) is 0 Å². The van der Waals surface area contributed by atoms with Crippen molar-refractivity contribution in [3.63, 3.8) is 0 Å². The molecule has 0 radical (unpaired) electrons. The van der Waals surface area contributed by atoms with Gasteiger partial charge in [0.05, 0.1) is 0 Å². The molecule has 0 amide bonds. The molecule has 1 aliphatic heterocycles. The molecule has 0 saturated carbocycles. The zero-order valence-corrected chi connectivity index (χ0v) is 11.6. The number of rotatable bonds is 6. The van der Waals surface area contributed by atoms with E-state index in [0.717, 1.165) is 11.8 Å². The van der Waals surface area contributed by atoms with Crippen LogP contribution >= 0.6 is 0 Å². The van der Waals surface area contributed by atoms with E-state index in [2.05, 4.69) is 35.8 Å². The Kier molecular flexibility index (Phi) is 5.05. The van der Waals surface area contributed by atoms with Crippen LogP contribution < -0.4 is 0 Å². The van der Waals surface area contributed by atoms with Gasteiger partial charge in [0.15, 0.2) is 0 Å². The van der Waals surface area contributed by atoms with Crippen molar-refractivity contribution < 1.29 is 0 Å². The lowest BCUT2D eigenvalue weighted by Crippen LogP contribution is -2.29. The van der Waals surface area contributed by atoms with Crippen LogP contribution in [-0.2, 0) is 0 Å². The quantitative estimate of drug-likeness (QED) is 0.654. The molecule has 2 heteroatoms. The molecule has 1 aliphatic carbocycles. The van der Waals surface area contributed by atoms with Crippen molar-refractivity contribution in [2.24, 2.45) is 11.8 Å². The Balaban J connectivity index is 1.65. The van der Waals surface area contributed by atoms with Gasteiger partial charge < -0.3 is 9.80 Å². The molecule has 2 atom stereocenters. The second-order valence-corrected chi connectivity index (χ2v) is 5.60. The molecular formula is C15H28N2. The summed E-state index contributed by atoms with van der Waals surface area (Å²) in [7, 11) is 0. The van der Waals surface area contributed by atoms with Gasteiger partial charge >= 0.3 is 0 Å². The summed E-state index contributed by atoms with van der Waals surface area (Å²) in [4.78, 5) is 5.23. The predicted molar refractivity (Wildman–Crippen MR) is 74.2 cm³/mol. The Morgan fingerprint density at radius 3 is 2.18 bits per heavy atom. The molecule has 1 heterocycles. The molecule has 0 aromatic carbocycles. The van der Waals surface area contributed by atoms with Gasteiger partial charge in [-0.25, -0.2) is 0 Å². The van der Waals surface area contributed by atoms with E-state index < -0.39 is 0 Å². The number of fused-ring (bicyclic) bond motifs is 1. The van der Waals surface area contributed by atoms with Gasteiger partial charge in [0.25, 0.3) is 0 Å². The normalized spacial score (nSPS) is 28.9. The molecule has 0 unspecified atom stereocenters. The first kappa shape index (κ1) is 13.1. The van der Waals surface area contributed by atoms with Gasteiger partial charge in [-0.2, -0.15) is 0 Å². The molecule has 0 bridgehead atoms. The van der Waals surface area contributed by atoms with Gasteiger partial charge in [0.2, 0.25) is 0 Å². The minimum Gasteiger partial charge on any atom is -0.304 e. The molecule has 98 valence electrons. The average Bonchev–Trinajstić information content (AvgIpc) is 2.77. The van der Waals surface area contributed by atoms with Crippen LogP contribution in [0, 0.1) is 11.8 Å². The molecule has 0 aromatic heterocycles. The lowest BCUT2D eigenvalue weighted by atomic mass is 9.86. The van der Waals surface area contributed by atoms with Crippen LogP contribution in [0.4, 0.5) is 0 Å². The van der Waals surface area contributed by atoms with Crippen molar-refractivity contribution in [1.82, 2.24) is 9.80 Å². The van der Waals surface area contributed by atoms with Gasteiger partial charge in [-0.3, -0.25) is 0 Å². The Morgan fingerprint density at radius 2 is 1.65 bits per heavy atom. The smallest absolute Gasteiger partial charge is 0.00160 e. The van der Waals surface area contributed by atoms with Gasteiger partial charge in [0, 0.05) is 13.1 Å². The standard InChI is InChI=1S/C15H28N2/c1-3-16(4-2)10-7-11-17-12-14-8-5-6-9-15(14)13-17/h5-6,14-15H,3-4,7-13H2,1-2H3/t14-,15-/m0/s1. The molecule has 0 N–H and O–H groups in total. The summed E-state index contributed by atoms with van der Waals surface area (Å²) in [5.41, 5.74) is 0. The summed E-state index contributed by atoms with van der Waals surface area (Å²) in [6.07, 6.45) is 8.78. The SMILES string of the molecule is CCN(CC)CCCN1C[C@@H]2CC=CC[C@H]2C1. The van der Waals surface area contributed by atoms with Crippen LogP contribution in [0.1, 0.15) is 33.1 Å². The highest BCUT2D eigenvalue weighted by molar-refractivity contribution is 4.99. The number of allylic oxidation sites excluding steroid dienone is 2.